The van der Waals surface area contributed by atoms with Gasteiger partial charge in [0.15, 0.2) is 0 Å². The average Bonchev–Trinajstić information content (AvgIpc) is 2.85. The molecule has 0 fully saturated rings. The number of nitrogens with zero attached hydrogens (tertiary/aromatic N) is 1. The van der Waals surface area contributed by atoms with E-state index in [1.54, 1.807) is 0 Å². The number of rotatable bonds is 5. The average molecular weight is 572 g/mol. The van der Waals surface area contributed by atoms with Gasteiger partial charge in [-0.15, -0.1) is 0 Å². The monoisotopic (exact) mass is 571 g/mol. The molecule has 0 bridgehead atoms. The van der Waals surface area contributed by atoms with Gasteiger partial charge in [0.1, 0.15) is 5.75 Å². The number of hydrogen-bond donors (Lipinski definition) is 1. The first-order valence-corrected chi connectivity index (χ1v) is 17.0. The summed E-state index contributed by atoms with van der Waals surface area (Å²) < 4.78 is 0. The fraction of sp³-hybridized carbons (Fsp3) is 0.200. The number of para-hydroxylation sites is 2. The number of aromatic hydroxyl groups is 1. The number of phenols is 1. The maximum absolute atomic E-state index is 11.0. The van der Waals surface area contributed by atoms with Crippen LogP contribution in [0, 0.1) is 13.8 Å². The first kappa shape index (κ1) is 28.8. The van der Waals surface area contributed by atoms with Crippen LogP contribution in [0.25, 0.3) is 0 Å². The van der Waals surface area contributed by atoms with Crippen molar-refractivity contribution < 1.29 is 22.1 Å². The van der Waals surface area contributed by atoms with E-state index in [4.69, 9.17) is 18.6 Å². The van der Waals surface area contributed by atoms with Crippen LogP contribution in [0.3, 0.4) is 0 Å². The van der Waals surface area contributed by atoms with Crippen molar-refractivity contribution >= 4 is 54.9 Å². The zero-order chi connectivity index (χ0) is 26.3. The number of halogens is 2. The molecule has 4 rings (SSSR count). The molecule has 4 aromatic carbocycles. The molecule has 1 atom stereocenters. The fourth-order valence-corrected chi connectivity index (χ4v) is 5.44. The van der Waals surface area contributed by atoms with Crippen molar-refractivity contribution in [3.63, 3.8) is 0 Å². The van der Waals surface area contributed by atoms with Gasteiger partial charge in [0, 0.05) is 22.0 Å². The van der Waals surface area contributed by atoms with Crippen LogP contribution in [-0.2, 0) is 22.4 Å². The topological polar surface area (TPSA) is 23.5 Å². The Balaban J connectivity index is 0.00000115. The molecule has 0 aliphatic carbocycles. The van der Waals surface area contributed by atoms with Crippen LogP contribution >= 0.6 is 27.2 Å². The SMILES string of the molecule is Cc1cc(C(C)(C)C)cc(Pc2c(C)cccc2N(c2ccccc2)c2ccccc2)c1O.[Cl][Ti][Cl]. The van der Waals surface area contributed by atoms with Gasteiger partial charge in [-0.3, -0.25) is 0 Å². The molecule has 0 amide bonds. The summed E-state index contributed by atoms with van der Waals surface area (Å²) in [5, 5.41) is 13.2. The van der Waals surface area contributed by atoms with Crippen LogP contribution in [0.4, 0.5) is 17.1 Å². The van der Waals surface area contributed by atoms with Gasteiger partial charge >= 0.3 is 35.6 Å². The zero-order valence-electron chi connectivity index (χ0n) is 21.3. The van der Waals surface area contributed by atoms with E-state index < -0.39 is 17.0 Å². The van der Waals surface area contributed by atoms with Gasteiger partial charge < -0.3 is 10.0 Å². The van der Waals surface area contributed by atoms with Crippen molar-refractivity contribution in [3.05, 3.63) is 108 Å². The summed E-state index contributed by atoms with van der Waals surface area (Å²) in [4.78, 5) is 2.31. The molecular weight excluding hydrogens is 540 g/mol. The molecule has 36 heavy (non-hydrogen) atoms. The third kappa shape index (κ3) is 7.15. The van der Waals surface area contributed by atoms with Crippen LogP contribution in [0.1, 0.15) is 37.5 Å². The van der Waals surface area contributed by atoms with Crippen molar-refractivity contribution in [3.8, 4) is 5.75 Å². The Morgan fingerprint density at radius 2 is 1.28 bits per heavy atom. The van der Waals surface area contributed by atoms with Crippen molar-refractivity contribution in [1.82, 2.24) is 0 Å². The van der Waals surface area contributed by atoms with E-state index in [-0.39, 0.29) is 5.41 Å². The first-order chi connectivity index (χ1) is 17.2. The van der Waals surface area contributed by atoms with Crippen LogP contribution in [-0.4, -0.2) is 5.11 Å². The summed E-state index contributed by atoms with van der Waals surface area (Å²) in [6.45, 7) is 10.8. The minimum absolute atomic E-state index is 0.0202. The van der Waals surface area contributed by atoms with E-state index in [2.05, 4.69) is 111 Å². The number of aryl methyl sites for hydroxylation is 2. The van der Waals surface area contributed by atoms with Gasteiger partial charge in [-0.05, 0) is 72.4 Å². The van der Waals surface area contributed by atoms with Crippen molar-refractivity contribution in [2.45, 2.75) is 40.0 Å². The van der Waals surface area contributed by atoms with Gasteiger partial charge in [-0.2, -0.15) is 0 Å². The molecule has 0 aliphatic rings. The van der Waals surface area contributed by atoms with Crippen molar-refractivity contribution in [2.24, 2.45) is 0 Å². The second-order valence-electron chi connectivity index (χ2n) is 9.61. The van der Waals surface area contributed by atoms with E-state index in [0.717, 1.165) is 27.9 Å². The first-order valence-electron chi connectivity index (χ1n) is 11.7. The summed E-state index contributed by atoms with van der Waals surface area (Å²) in [6, 6.07) is 31.7. The molecule has 2 nitrogen and oxygen atoms in total. The predicted molar refractivity (Wildman–Crippen MR) is 157 cm³/mol. The van der Waals surface area contributed by atoms with E-state index >= 15 is 0 Å². The molecule has 1 N–H and O–H groups in total. The summed E-state index contributed by atoms with van der Waals surface area (Å²) in [6.07, 6.45) is 0. The molecule has 0 heterocycles. The number of phenolic OH excluding ortho intramolecular Hbond substituents is 1. The molecular formula is C30H32Cl2NOPTi. The predicted octanol–water partition coefficient (Wildman–Crippen LogP) is 8.78. The molecule has 0 spiro atoms. The van der Waals surface area contributed by atoms with Gasteiger partial charge in [0.2, 0.25) is 0 Å². The Morgan fingerprint density at radius 3 is 1.78 bits per heavy atom. The molecule has 186 valence electrons. The summed E-state index contributed by atoms with van der Waals surface area (Å²) in [5.41, 5.74) is 6.80. The molecule has 0 saturated heterocycles. The van der Waals surface area contributed by atoms with Gasteiger partial charge in [-0.1, -0.05) is 83.9 Å². The fourth-order valence-electron chi connectivity index (χ4n) is 4.03. The van der Waals surface area contributed by atoms with Gasteiger partial charge in [0.25, 0.3) is 0 Å². The molecule has 4 aromatic rings. The Bertz CT molecular complexity index is 1240. The Kier molecular flexibility index (Phi) is 10.5. The van der Waals surface area contributed by atoms with Crippen LogP contribution < -0.4 is 15.5 Å². The van der Waals surface area contributed by atoms with Gasteiger partial charge in [0.05, 0.1) is 5.69 Å². The zero-order valence-corrected chi connectivity index (χ0v) is 25.4. The van der Waals surface area contributed by atoms with E-state index in [0.29, 0.717) is 14.3 Å². The van der Waals surface area contributed by atoms with E-state index in [1.165, 1.54) is 16.4 Å². The van der Waals surface area contributed by atoms with Gasteiger partial charge in [-0.25, -0.2) is 0 Å². The van der Waals surface area contributed by atoms with Crippen LogP contribution in [0.15, 0.2) is 91.0 Å². The van der Waals surface area contributed by atoms with Crippen LogP contribution in [0.5, 0.6) is 5.75 Å². The number of hydrogen-bond acceptors (Lipinski definition) is 2. The standard InChI is InChI=1S/C30H32NOP.2ClH.Ti/c1-21-13-12-18-26(31(24-14-8-6-9-15-24)25-16-10-7-11-17-25)29(21)33-27-20-23(30(3,4)5)19-22(2)28(27)32;;;/h6-20,32-33H,1-5H3;2*1H;/q;;;+2/p-2. The van der Waals surface area contributed by atoms with Crippen molar-refractivity contribution in [1.29, 1.82) is 0 Å². The molecule has 0 radical (unpaired) electrons. The maximum atomic E-state index is 11.0. The molecule has 0 saturated carbocycles. The summed E-state index contributed by atoms with van der Waals surface area (Å²) in [5.74, 6) is 0.404. The number of anilines is 3. The minimum atomic E-state index is -0.556. The van der Waals surface area contributed by atoms with Crippen molar-refractivity contribution in [2.75, 3.05) is 4.90 Å². The summed E-state index contributed by atoms with van der Waals surface area (Å²) in [7, 11) is 10.1. The van der Waals surface area contributed by atoms with Crippen LogP contribution in [0.2, 0.25) is 0 Å². The molecule has 6 heteroatoms. The normalized spacial score (nSPS) is 11.2. The quantitative estimate of drug-likeness (QED) is 0.191. The Hall–Kier alpha value is -1.80. The second-order valence-corrected chi connectivity index (χ2v) is 13.5. The van der Waals surface area contributed by atoms with E-state index in [9.17, 15) is 5.11 Å². The number of benzene rings is 4. The van der Waals surface area contributed by atoms with E-state index in [1.807, 2.05) is 19.1 Å². The summed E-state index contributed by atoms with van der Waals surface area (Å²) >= 11 is -0.556. The molecule has 0 aliphatic heterocycles. The Morgan fingerprint density at radius 1 is 0.750 bits per heavy atom. The molecule has 0 aromatic heterocycles. The molecule has 1 unspecified atom stereocenters. The third-order valence-electron chi connectivity index (χ3n) is 5.95. The second kappa shape index (κ2) is 13.1. The third-order valence-corrected chi connectivity index (χ3v) is 7.50. The Labute approximate surface area is 234 Å².